The first-order valence-corrected chi connectivity index (χ1v) is 23.3. The molecule has 0 radical (unpaired) electrons. The number of ether oxygens (including phenoxy) is 3. The van der Waals surface area contributed by atoms with E-state index in [0.29, 0.717) is 19.3 Å². The fourth-order valence-corrected chi connectivity index (χ4v) is 5.43. The average molecular weight is 839 g/mol. The van der Waals surface area contributed by atoms with Gasteiger partial charge in [-0.1, -0.05) is 192 Å². The lowest BCUT2D eigenvalue weighted by molar-refractivity contribution is -0.166. The van der Waals surface area contributed by atoms with Crippen LogP contribution in [-0.4, -0.2) is 37.2 Å². The number of esters is 3. The first kappa shape index (κ1) is 56.3. The number of unbranched alkanes of at least 4 members (excludes halogenated alkanes) is 4. The zero-order chi connectivity index (χ0) is 44.4. The highest BCUT2D eigenvalue weighted by molar-refractivity contribution is 5.71. The third-order valence-corrected chi connectivity index (χ3v) is 8.87. The molecule has 61 heavy (non-hydrogen) atoms. The second-order valence-corrected chi connectivity index (χ2v) is 14.5. The minimum atomic E-state index is -0.850. The van der Waals surface area contributed by atoms with Gasteiger partial charge in [0.2, 0.25) is 0 Å². The summed E-state index contributed by atoms with van der Waals surface area (Å²) in [5.74, 6) is -1.14. The van der Waals surface area contributed by atoms with Crippen molar-refractivity contribution in [3.63, 3.8) is 0 Å². The van der Waals surface area contributed by atoms with E-state index in [2.05, 4.69) is 142 Å². The first-order chi connectivity index (χ1) is 30.0. The van der Waals surface area contributed by atoms with Crippen molar-refractivity contribution in [1.29, 1.82) is 0 Å². The molecule has 0 saturated carbocycles. The maximum absolute atomic E-state index is 12.7. The summed E-state index contributed by atoms with van der Waals surface area (Å²) in [5.41, 5.74) is 0. The van der Waals surface area contributed by atoms with Crippen LogP contribution in [0.15, 0.2) is 146 Å². The number of carbonyl (C=O) groups is 3. The number of allylic oxidation sites excluding steroid dienone is 24. The summed E-state index contributed by atoms with van der Waals surface area (Å²) in [5, 5.41) is 0. The van der Waals surface area contributed by atoms with Crippen LogP contribution in [0.4, 0.5) is 0 Å². The van der Waals surface area contributed by atoms with Crippen molar-refractivity contribution in [1.82, 2.24) is 0 Å². The molecule has 0 aliphatic heterocycles. The van der Waals surface area contributed by atoms with Crippen molar-refractivity contribution < 1.29 is 28.6 Å². The van der Waals surface area contributed by atoms with Gasteiger partial charge in [0.25, 0.3) is 0 Å². The molecule has 0 spiro atoms. The van der Waals surface area contributed by atoms with Crippen molar-refractivity contribution in [3.05, 3.63) is 146 Å². The van der Waals surface area contributed by atoms with Crippen LogP contribution in [0.5, 0.6) is 0 Å². The molecule has 0 N–H and O–H groups in total. The minimum Gasteiger partial charge on any atom is -0.462 e. The van der Waals surface area contributed by atoms with E-state index in [1.165, 1.54) is 0 Å². The molecule has 0 aromatic heterocycles. The molecule has 6 nitrogen and oxygen atoms in total. The molecule has 0 aliphatic carbocycles. The summed E-state index contributed by atoms with van der Waals surface area (Å²) >= 11 is 0. The maximum Gasteiger partial charge on any atom is 0.306 e. The smallest absolute Gasteiger partial charge is 0.306 e. The zero-order valence-corrected chi connectivity index (χ0v) is 38.4. The molecule has 6 heteroatoms. The SMILES string of the molecule is CC/C=C\C/C=C\C/C=C\C/C=C\C/C=C\C/C=C\CCC(=O)OCC(COC(=O)CCCCCCC)OC(=O)CC/C=C\C/C=C\C/C=C\C/C=C\C/C=C\C/C=C\CC. The fourth-order valence-electron chi connectivity index (χ4n) is 5.43. The summed E-state index contributed by atoms with van der Waals surface area (Å²) in [4.78, 5) is 37.5. The third kappa shape index (κ3) is 46.2. The Morgan fingerprint density at radius 1 is 0.344 bits per heavy atom. The summed E-state index contributed by atoms with van der Waals surface area (Å²) < 4.78 is 16.5. The lowest BCUT2D eigenvalue weighted by Crippen LogP contribution is -2.30. The topological polar surface area (TPSA) is 78.9 Å². The highest BCUT2D eigenvalue weighted by Crippen LogP contribution is 2.09. The van der Waals surface area contributed by atoms with Crippen LogP contribution in [0.25, 0.3) is 0 Å². The third-order valence-electron chi connectivity index (χ3n) is 8.87. The van der Waals surface area contributed by atoms with Crippen LogP contribution in [0.3, 0.4) is 0 Å². The van der Waals surface area contributed by atoms with E-state index < -0.39 is 12.1 Å². The molecule has 1 unspecified atom stereocenters. The molecule has 0 amide bonds. The van der Waals surface area contributed by atoms with Crippen LogP contribution in [0.2, 0.25) is 0 Å². The van der Waals surface area contributed by atoms with Crippen molar-refractivity contribution in [2.75, 3.05) is 13.2 Å². The molecular weight excluding hydrogens is 757 g/mol. The van der Waals surface area contributed by atoms with Crippen molar-refractivity contribution in [3.8, 4) is 0 Å². The zero-order valence-electron chi connectivity index (χ0n) is 38.4. The van der Waals surface area contributed by atoms with Crippen molar-refractivity contribution >= 4 is 17.9 Å². The molecule has 338 valence electrons. The van der Waals surface area contributed by atoms with Gasteiger partial charge in [0.1, 0.15) is 13.2 Å². The van der Waals surface area contributed by atoms with Crippen LogP contribution in [0, 0.1) is 0 Å². The van der Waals surface area contributed by atoms with Crippen LogP contribution in [-0.2, 0) is 28.6 Å². The Hall–Kier alpha value is -4.71. The van der Waals surface area contributed by atoms with Crippen LogP contribution < -0.4 is 0 Å². The van der Waals surface area contributed by atoms with Gasteiger partial charge in [-0.05, 0) is 96.3 Å². The Morgan fingerprint density at radius 2 is 0.639 bits per heavy atom. The van der Waals surface area contributed by atoms with Crippen molar-refractivity contribution in [2.45, 2.75) is 168 Å². The van der Waals surface area contributed by atoms with Gasteiger partial charge >= 0.3 is 17.9 Å². The molecule has 1 atom stereocenters. The predicted molar refractivity (Wildman–Crippen MR) is 260 cm³/mol. The average Bonchev–Trinajstić information content (AvgIpc) is 3.26. The van der Waals surface area contributed by atoms with Gasteiger partial charge in [-0.2, -0.15) is 0 Å². The van der Waals surface area contributed by atoms with E-state index in [-0.39, 0.29) is 38.0 Å². The Balaban J connectivity index is 4.50. The largest absolute Gasteiger partial charge is 0.462 e. The first-order valence-electron chi connectivity index (χ1n) is 23.3. The predicted octanol–water partition coefficient (Wildman–Crippen LogP) is 15.3. The number of hydrogen-bond acceptors (Lipinski definition) is 6. The summed E-state index contributed by atoms with van der Waals surface area (Å²) in [6.45, 7) is 6.15. The maximum atomic E-state index is 12.7. The summed E-state index contributed by atoms with van der Waals surface area (Å²) in [7, 11) is 0. The Bertz CT molecular complexity index is 1430. The fraction of sp³-hybridized carbons (Fsp3) is 0.509. The number of rotatable bonds is 39. The van der Waals surface area contributed by atoms with Crippen molar-refractivity contribution in [2.24, 2.45) is 0 Å². The number of hydrogen-bond donors (Lipinski definition) is 0. The molecule has 0 saturated heterocycles. The van der Waals surface area contributed by atoms with Gasteiger partial charge < -0.3 is 14.2 Å². The van der Waals surface area contributed by atoms with Gasteiger partial charge in [-0.3, -0.25) is 14.4 Å². The number of carbonyl (C=O) groups excluding carboxylic acids is 3. The quantitative estimate of drug-likeness (QED) is 0.0265. The van der Waals surface area contributed by atoms with E-state index in [9.17, 15) is 14.4 Å². The summed E-state index contributed by atoms with van der Waals surface area (Å²) in [6.07, 6.45) is 68.9. The standard InChI is InChI=1S/C55H82O6/c1-4-7-10-13-15-17-19-21-23-25-27-29-31-33-35-37-39-42-45-48-54(57)60-51-52(50-59-53(56)47-44-41-12-9-6-3)61-55(58)49-46-43-40-38-36-34-32-30-28-26-24-22-20-18-16-14-11-8-5-2/h7-8,10-11,15-18,21-24,27-30,33-36,39-40,42-43,52H,4-6,9,12-14,19-20,25-26,31-32,37-38,41,44-51H2,1-3H3/b10-7-,11-8-,17-15-,18-16-,23-21-,24-22-,29-27-,30-28-,35-33-,36-34-,42-39-,43-40-. The molecule has 0 aromatic rings. The molecule has 0 aliphatic rings. The lowest BCUT2D eigenvalue weighted by Gasteiger charge is -2.18. The normalized spacial score (nSPS) is 13.4. The molecule has 0 fully saturated rings. The van der Waals surface area contributed by atoms with Crippen LogP contribution >= 0.6 is 0 Å². The monoisotopic (exact) mass is 839 g/mol. The minimum absolute atomic E-state index is 0.139. The van der Waals surface area contributed by atoms with E-state index in [1.54, 1.807) is 0 Å². The Kier molecular flexibility index (Phi) is 44.3. The van der Waals surface area contributed by atoms with E-state index >= 15 is 0 Å². The van der Waals surface area contributed by atoms with E-state index in [1.807, 2.05) is 24.3 Å². The lowest BCUT2D eigenvalue weighted by atomic mass is 10.1. The Labute approximate surface area is 372 Å². The highest BCUT2D eigenvalue weighted by Gasteiger charge is 2.19. The van der Waals surface area contributed by atoms with Gasteiger partial charge in [-0.25, -0.2) is 0 Å². The molecular formula is C55H82O6. The molecule has 0 rings (SSSR count). The molecule has 0 heterocycles. The van der Waals surface area contributed by atoms with Gasteiger partial charge in [0.05, 0.1) is 0 Å². The summed E-state index contributed by atoms with van der Waals surface area (Å²) in [6, 6.07) is 0. The molecule has 0 aromatic carbocycles. The van der Waals surface area contributed by atoms with Gasteiger partial charge in [-0.15, -0.1) is 0 Å². The van der Waals surface area contributed by atoms with E-state index in [0.717, 1.165) is 109 Å². The van der Waals surface area contributed by atoms with Gasteiger partial charge in [0.15, 0.2) is 6.10 Å². The van der Waals surface area contributed by atoms with E-state index in [4.69, 9.17) is 14.2 Å². The second-order valence-electron chi connectivity index (χ2n) is 14.5. The Morgan fingerprint density at radius 3 is 0.984 bits per heavy atom. The highest BCUT2D eigenvalue weighted by atomic mass is 16.6. The molecule has 0 bridgehead atoms. The van der Waals surface area contributed by atoms with Crippen LogP contribution in [0.1, 0.15) is 162 Å². The van der Waals surface area contributed by atoms with Gasteiger partial charge in [0, 0.05) is 19.3 Å². The second kappa shape index (κ2) is 48.0.